The van der Waals surface area contributed by atoms with E-state index in [0.29, 0.717) is 11.4 Å². The number of likely N-dealkylation sites (N-methyl/N-ethyl adjacent to an activating group) is 1. The van der Waals surface area contributed by atoms with E-state index in [1.807, 2.05) is 54.6 Å². The van der Waals surface area contributed by atoms with Crippen LogP contribution in [0, 0.1) is 0 Å². The number of benzene rings is 2. The van der Waals surface area contributed by atoms with Crippen molar-refractivity contribution in [1.82, 2.24) is 9.88 Å². The number of anilines is 3. The van der Waals surface area contributed by atoms with Crippen molar-refractivity contribution in [2.24, 2.45) is 0 Å². The Morgan fingerprint density at radius 1 is 1.03 bits per heavy atom. The number of H-pyrrole nitrogens is 1. The van der Waals surface area contributed by atoms with Crippen molar-refractivity contribution in [2.75, 3.05) is 55.3 Å². The molecule has 1 aliphatic rings. The fourth-order valence-electron chi connectivity index (χ4n) is 3.86. The minimum Gasteiger partial charge on any atom is -0.387 e. The van der Waals surface area contributed by atoms with Gasteiger partial charge in [-0.3, -0.25) is 9.59 Å². The zero-order chi connectivity index (χ0) is 23.2. The van der Waals surface area contributed by atoms with Gasteiger partial charge < -0.3 is 30.5 Å². The summed E-state index contributed by atoms with van der Waals surface area (Å²) in [4.78, 5) is 32.6. The first-order valence-corrected chi connectivity index (χ1v) is 11.0. The zero-order valence-electron chi connectivity index (χ0n) is 18.6. The van der Waals surface area contributed by atoms with Crippen molar-refractivity contribution in [3.63, 3.8) is 0 Å². The lowest BCUT2D eigenvalue weighted by Gasteiger charge is -2.34. The number of hydrogen-bond donors (Lipinski definition) is 4. The van der Waals surface area contributed by atoms with Gasteiger partial charge in [-0.15, -0.1) is 0 Å². The number of amides is 1. The van der Waals surface area contributed by atoms with Crippen molar-refractivity contribution in [2.45, 2.75) is 6.10 Å². The van der Waals surface area contributed by atoms with Crippen LogP contribution in [-0.2, 0) is 0 Å². The summed E-state index contributed by atoms with van der Waals surface area (Å²) in [7, 11) is 2.12. The molecular formula is C25H29N5O3. The average Bonchev–Trinajstić information content (AvgIpc) is 2.84. The largest absolute Gasteiger partial charge is 0.387 e. The second-order valence-corrected chi connectivity index (χ2v) is 8.19. The van der Waals surface area contributed by atoms with Gasteiger partial charge in [0.25, 0.3) is 11.5 Å². The molecule has 0 spiro atoms. The highest BCUT2D eigenvalue weighted by Crippen LogP contribution is 2.21. The molecular weight excluding hydrogens is 418 g/mol. The van der Waals surface area contributed by atoms with Crippen LogP contribution in [0.15, 0.2) is 71.7 Å². The number of nitrogens with zero attached hydrogens (tertiary/aromatic N) is 2. The molecule has 4 rings (SSSR count). The molecule has 0 unspecified atom stereocenters. The van der Waals surface area contributed by atoms with Crippen molar-refractivity contribution >= 4 is 23.0 Å². The Kier molecular flexibility index (Phi) is 7.07. The Bertz CT molecular complexity index is 1120. The first kappa shape index (κ1) is 22.6. The van der Waals surface area contributed by atoms with Crippen LogP contribution in [0.1, 0.15) is 22.0 Å². The molecule has 1 atom stereocenters. The van der Waals surface area contributed by atoms with E-state index in [4.69, 9.17) is 0 Å². The van der Waals surface area contributed by atoms with Crippen LogP contribution < -0.4 is 21.1 Å². The standard InChI is InChI=1S/C25H29N5O3/c1-29-13-15-30(16-14-29)20-9-7-19(8-10-20)28-25(33)23-21(11-12-26-24(23)32)27-17-22(31)18-5-3-2-4-6-18/h2-12,22,31H,13-17H2,1H3,(H,28,33)(H2,26,27,32)/t22-/m1/s1. The fourth-order valence-corrected chi connectivity index (χ4v) is 3.86. The lowest BCUT2D eigenvalue weighted by molar-refractivity contribution is 0.102. The molecule has 0 bridgehead atoms. The SMILES string of the molecule is CN1CCN(c2ccc(NC(=O)c3c(NC[C@@H](O)c4ccccc4)cc[nH]c3=O)cc2)CC1. The number of hydrogen-bond acceptors (Lipinski definition) is 6. The van der Waals surface area contributed by atoms with Crippen molar-refractivity contribution in [3.05, 3.63) is 88.3 Å². The third kappa shape index (κ3) is 5.60. The molecule has 33 heavy (non-hydrogen) atoms. The lowest BCUT2D eigenvalue weighted by atomic mass is 10.1. The van der Waals surface area contributed by atoms with Gasteiger partial charge in [-0.05, 0) is 42.9 Å². The Labute approximate surface area is 192 Å². The first-order valence-electron chi connectivity index (χ1n) is 11.0. The summed E-state index contributed by atoms with van der Waals surface area (Å²) < 4.78 is 0. The normalized spacial score (nSPS) is 15.2. The van der Waals surface area contributed by atoms with Crippen LogP contribution in [-0.4, -0.2) is 60.7 Å². The highest BCUT2D eigenvalue weighted by atomic mass is 16.3. The molecule has 0 aliphatic carbocycles. The van der Waals surface area contributed by atoms with Gasteiger partial charge in [0, 0.05) is 50.3 Å². The second kappa shape index (κ2) is 10.3. The predicted octanol–water partition coefficient (Wildman–Crippen LogP) is 2.52. The minimum atomic E-state index is -0.775. The number of rotatable bonds is 7. The Morgan fingerprint density at radius 2 is 1.73 bits per heavy atom. The number of aliphatic hydroxyl groups excluding tert-OH is 1. The predicted molar refractivity (Wildman–Crippen MR) is 131 cm³/mol. The van der Waals surface area contributed by atoms with E-state index in [1.54, 1.807) is 6.07 Å². The highest BCUT2D eigenvalue weighted by molar-refractivity contribution is 6.07. The first-order chi connectivity index (χ1) is 16.0. The summed E-state index contributed by atoms with van der Waals surface area (Å²) in [5.74, 6) is -0.513. The molecule has 2 heterocycles. The van der Waals surface area contributed by atoms with Gasteiger partial charge >= 0.3 is 0 Å². The highest BCUT2D eigenvalue weighted by Gasteiger charge is 2.18. The topological polar surface area (TPSA) is 101 Å². The maximum atomic E-state index is 12.9. The molecule has 1 amide bonds. The van der Waals surface area contributed by atoms with Crippen LogP contribution in [0.4, 0.5) is 17.1 Å². The maximum absolute atomic E-state index is 12.9. The van der Waals surface area contributed by atoms with Crippen LogP contribution in [0.25, 0.3) is 0 Å². The number of carbonyl (C=O) groups is 1. The molecule has 0 saturated carbocycles. The van der Waals surface area contributed by atoms with Gasteiger partial charge in [-0.1, -0.05) is 30.3 Å². The maximum Gasteiger partial charge on any atom is 0.263 e. The van der Waals surface area contributed by atoms with Crippen LogP contribution >= 0.6 is 0 Å². The zero-order valence-corrected chi connectivity index (χ0v) is 18.6. The summed E-state index contributed by atoms with van der Waals surface area (Å²) in [6.45, 7) is 4.12. The summed E-state index contributed by atoms with van der Waals surface area (Å²) in [5, 5.41) is 16.2. The monoisotopic (exact) mass is 447 g/mol. The minimum absolute atomic E-state index is 0.0269. The summed E-state index contributed by atoms with van der Waals surface area (Å²) in [6, 6.07) is 18.5. The van der Waals surface area contributed by atoms with Gasteiger partial charge in [0.2, 0.25) is 0 Å². The lowest BCUT2D eigenvalue weighted by Crippen LogP contribution is -2.44. The van der Waals surface area contributed by atoms with E-state index in [1.165, 1.54) is 6.20 Å². The van der Waals surface area contributed by atoms with Crippen molar-refractivity contribution in [1.29, 1.82) is 0 Å². The molecule has 0 radical (unpaired) electrons. The van der Waals surface area contributed by atoms with Crippen molar-refractivity contribution in [3.8, 4) is 0 Å². The van der Waals surface area contributed by atoms with Gasteiger partial charge in [0.05, 0.1) is 11.8 Å². The van der Waals surface area contributed by atoms with E-state index in [9.17, 15) is 14.7 Å². The van der Waals surface area contributed by atoms with Gasteiger partial charge in [-0.25, -0.2) is 0 Å². The van der Waals surface area contributed by atoms with Crippen molar-refractivity contribution < 1.29 is 9.90 Å². The van der Waals surface area contributed by atoms with E-state index in [2.05, 4.69) is 32.5 Å². The molecule has 1 aliphatic heterocycles. The van der Waals surface area contributed by atoms with E-state index < -0.39 is 17.6 Å². The molecule has 8 heteroatoms. The Hall–Kier alpha value is -3.62. The summed E-state index contributed by atoms with van der Waals surface area (Å²) >= 11 is 0. The summed E-state index contributed by atoms with van der Waals surface area (Å²) in [5.41, 5.74) is 2.30. The molecule has 4 N–H and O–H groups in total. The smallest absolute Gasteiger partial charge is 0.263 e. The number of aromatic nitrogens is 1. The molecule has 8 nitrogen and oxygen atoms in total. The quantitative estimate of drug-likeness (QED) is 0.444. The molecule has 172 valence electrons. The van der Waals surface area contributed by atoms with E-state index in [0.717, 1.165) is 37.4 Å². The molecule has 1 saturated heterocycles. The van der Waals surface area contributed by atoms with E-state index in [-0.39, 0.29) is 12.1 Å². The second-order valence-electron chi connectivity index (χ2n) is 8.19. The Balaban J connectivity index is 1.43. The third-order valence-electron chi connectivity index (χ3n) is 5.85. The van der Waals surface area contributed by atoms with Crippen LogP contribution in [0.2, 0.25) is 0 Å². The molecule has 1 fully saturated rings. The molecule has 2 aromatic carbocycles. The molecule has 1 aromatic heterocycles. The number of aliphatic hydroxyl groups is 1. The third-order valence-corrected chi connectivity index (χ3v) is 5.85. The van der Waals surface area contributed by atoms with Crippen LogP contribution in [0.5, 0.6) is 0 Å². The Morgan fingerprint density at radius 3 is 2.42 bits per heavy atom. The van der Waals surface area contributed by atoms with Gasteiger partial charge in [-0.2, -0.15) is 0 Å². The fraction of sp³-hybridized carbons (Fsp3) is 0.280. The number of pyridine rings is 1. The molecule has 3 aromatic rings. The summed E-state index contributed by atoms with van der Waals surface area (Å²) in [6.07, 6.45) is 0.699. The average molecular weight is 448 g/mol. The van der Waals surface area contributed by atoms with E-state index >= 15 is 0 Å². The number of aromatic amines is 1. The van der Waals surface area contributed by atoms with Gasteiger partial charge in [0.1, 0.15) is 5.56 Å². The number of piperazine rings is 1. The number of carbonyl (C=O) groups excluding carboxylic acids is 1. The van der Waals surface area contributed by atoms with Gasteiger partial charge in [0.15, 0.2) is 0 Å². The van der Waals surface area contributed by atoms with Crippen LogP contribution in [0.3, 0.4) is 0 Å². The number of nitrogens with one attached hydrogen (secondary N) is 3.